The first-order valence-corrected chi connectivity index (χ1v) is 12.8. The number of esters is 1. The van der Waals surface area contributed by atoms with Gasteiger partial charge in [0.15, 0.2) is 0 Å². The quantitative estimate of drug-likeness (QED) is 0.189. The molecule has 37 heavy (non-hydrogen) atoms. The van der Waals surface area contributed by atoms with Crippen LogP contribution in [0, 0.1) is 11.8 Å². The number of aliphatic hydroxyl groups is 2. The van der Waals surface area contributed by atoms with E-state index in [0.29, 0.717) is 32.3 Å². The molecule has 0 aliphatic heterocycles. The van der Waals surface area contributed by atoms with Crippen molar-refractivity contribution < 1.29 is 42.4 Å². The minimum absolute atomic E-state index is 0.0116. The number of rotatable bonds is 14. The van der Waals surface area contributed by atoms with E-state index < -0.39 is 23.9 Å². The Labute approximate surface area is 217 Å². The molecule has 1 aromatic carbocycles. The average Bonchev–Trinajstić information content (AvgIpc) is 3.11. The molecule has 1 aliphatic rings. The van der Waals surface area contributed by atoms with E-state index in [2.05, 4.69) is 0 Å². The number of halogens is 3. The van der Waals surface area contributed by atoms with Crippen molar-refractivity contribution in [3.8, 4) is 5.75 Å². The van der Waals surface area contributed by atoms with Crippen molar-refractivity contribution in [3.05, 3.63) is 54.1 Å². The molecule has 0 bridgehead atoms. The number of carbonyl (C=O) groups is 1. The Morgan fingerprint density at radius 2 is 2.00 bits per heavy atom. The van der Waals surface area contributed by atoms with E-state index in [-0.39, 0.29) is 42.4 Å². The van der Waals surface area contributed by atoms with Crippen molar-refractivity contribution in [1.29, 1.82) is 0 Å². The first kappa shape index (κ1) is 30.9. The molecule has 0 unspecified atom stereocenters. The monoisotopic (exact) mass is 528 g/mol. The molecule has 0 saturated heterocycles. The Hall–Kier alpha value is -2.36. The molecule has 1 saturated carbocycles. The first-order valence-electron chi connectivity index (χ1n) is 12.8. The van der Waals surface area contributed by atoms with Gasteiger partial charge in [0.25, 0.3) is 0 Å². The average molecular weight is 529 g/mol. The van der Waals surface area contributed by atoms with E-state index in [9.17, 15) is 28.2 Å². The number of unbranched alkanes of at least 4 members (excludes halogenated alkanes) is 1. The van der Waals surface area contributed by atoms with Crippen LogP contribution in [0.1, 0.15) is 58.4 Å². The van der Waals surface area contributed by atoms with Gasteiger partial charge in [-0.25, -0.2) is 0 Å². The Balaban J connectivity index is 1.95. The maximum atomic E-state index is 12.9. The molecule has 0 spiro atoms. The van der Waals surface area contributed by atoms with E-state index in [1.165, 1.54) is 18.2 Å². The van der Waals surface area contributed by atoms with Crippen LogP contribution in [-0.2, 0) is 20.4 Å². The summed E-state index contributed by atoms with van der Waals surface area (Å²) in [4.78, 5) is 11.4. The Kier molecular flexibility index (Phi) is 12.6. The van der Waals surface area contributed by atoms with Gasteiger partial charge in [-0.3, -0.25) is 4.79 Å². The molecule has 1 aromatic rings. The van der Waals surface area contributed by atoms with Crippen molar-refractivity contribution >= 4 is 5.97 Å². The number of hydrogen-bond donors (Lipinski definition) is 2. The number of alkyl halides is 3. The molecule has 6 nitrogen and oxygen atoms in total. The van der Waals surface area contributed by atoms with Gasteiger partial charge in [-0.15, -0.1) is 0 Å². The van der Waals surface area contributed by atoms with Crippen LogP contribution >= 0.6 is 0 Å². The minimum Gasteiger partial charge on any atom is -0.491 e. The fourth-order valence-electron chi connectivity index (χ4n) is 4.41. The number of ether oxygens (including phenoxy) is 3. The van der Waals surface area contributed by atoms with E-state index in [1.807, 2.05) is 26.0 Å². The molecule has 208 valence electrons. The van der Waals surface area contributed by atoms with Gasteiger partial charge >= 0.3 is 12.1 Å². The lowest BCUT2D eigenvalue weighted by molar-refractivity contribution is -0.143. The summed E-state index contributed by atoms with van der Waals surface area (Å²) < 4.78 is 55.0. The fraction of sp³-hybridized carbons (Fsp3) is 0.607. The molecule has 0 aromatic heterocycles. The zero-order valence-corrected chi connectivity index (χ0v) is 21.7. The molecular formula is C28H39F3O6. The van der Waals surface area contributed by atoms with Gasteiger partial charge in [-0.1, -0.05) is 30.4 Å². The number of aliphatic hydroxyl groups excluding tert-OH is 2. The Morgan fingerprint density at radius 1 is 1.24 bits per heavy atom. The van der Waals surface area contributed by atoms with Crippen LogP contribution in [0.15, 0.2) is 48.6 Å². The van der Waals surface area contributed by atoms with Crippen molar-refractivity contribution in [2.24, 2.45) is 11.8 Å². The summed E-state index contributed by atoms with van der Waals surface area (Å²) in [7, 11) is 0. The van der Waals surface area contributed by atoms with Crippen molar-refractivity contribution in [2.75, 3.05) is 13.2 Å². The highest BCUT2D eigenvalue weighted by Crippen LogP contribution is 2.39. The first-order chi connectivity index (χ1) is 17.5. The molecule has 2 N–H and O–H groups in total. The van der Waals surface area contributed by atoms with Crippen LogP contribution < -0.4 is 4.74 Å². The third-order valence-electron chi connectivity index (χ3n) is 6.11. The molecule has 2 rings (SSSR count). The lowest BCUT2D eigenvalue weighted by atomic mass is 9.89. The van der Waals surface area contributed by atoms with Crippen LogP contribution in [0.3, 0.4) is 0 Å². The summed E-state index contributed by atoms with van der Waals surface area (Å²) in [5.74, 6) is -0.483. The molecule has 5 atom stereocenters. The number of hydrogen-bond acceptors (Lipinski definition) is 6. The van der Waals surface area contributed by atoms with E-state index in [0.717, 1.165) is 18.6 Å². The van der Waals surface area contributed by atoms with E-state index in [4.69, 9.17) is 14.2 Å². The Morgan fingerprint density at radius 3 is 2.68 bits per heavy atom. The molecule has 0 heterocycles. The topological polar surface area (TPSA) is 85.2 Å². The van der Waals surface area contributed by atoms with Crippen LogP contribution in [0.5, 0.6) is 5.75 Å². The molecule has 0 amide bonds. The van der Waals surface area contributed by atoms with Gasteiger partial charge in [0, 0.05) is 18.8 Å². The van der Waals surface area contributed by atoms with Crippen molar-refractivity contribution in [1.82, 2.24) is 0 Å². The fourth-order valence-corrected chi connectivity index (χ4v) is 4.41. The second-order valence-electron chi connectivity index (χ2n) is 9.46. The molecule has 1 aliphatic carbocycles. The van der Waals surface area contributed by atoms with E-state index in [1.54, 1.807) is 13.0 Å². The number of carbonyl (C=O) groups excluding carboxylic acids is 1. The summed E-state index contributed by atoms with van der Waals surface area (Å²) in [5.41, 5.74) is -0.822. The highest BCUT2D eigenvalue weighted by Gasteiger charge is 2.41. The van der Waals surface area contributed by atoms with Crippen LogP contribution in [0.2, 0.25) is 0 Å². The van der Waals surface area contributed by atoms with Gasteiger partial charge in [0.2, 0.25) is 0 Å². The van der Waals surface area contributed by atoms with E-state index >= 15 is 0 Å². The van der Waals surface area contributed by atoms with Gasteiger partial charge in [-0.2, -0.15) is 13.2 Å². The maximum Gasteiger partial charge on any atom is 0.416 e. The highest BCUT2D eigenvalue weighted by atomic mass is 19.4. The zero-order valence-electron chi connectivity index (χ0n) is 21.7. The maximum absolute atomic E-state index is 12.9. The predicted octanol–water partition coefficient (Wildman–Crippen LogP) is 5.47. The lowest BCUT2D eigenvalue weighted by Crippen LogP contribution is -2.25. The Bertz CT molecular complexity index is 883. The molecule has 9 heteroatoms. The molecule has 1 fully saturated rings. The second kappa shape index (κ2) is 15.1. The SMILES string of the molecule is CCOC(=O)CCC/C=C\C[C@@H]1[C@@H](/C=C/[C@@H](O)COc2cccc(C(F)(F)F)c2)[C@H](O)C[C@@H]1OC(C)C. The summed E-state index contributed by atoms with van der Waals surface area (Å²) in [6.07, 6.45) is 3.83. The lowest BCUT2D eigenvalue weighted by Gasteiger charge is -2.24. The largest absolute Gasteiger partial charge is 0.491 e. The predicted molar refractivity (Wildman–Crippen MR) is 134 cm³/mol. The minimum atomic E-state index is -4.48. The number of allylic oxidation sites excluding steroid dienone is 2. The molecular weight excluding hydrogens is 489 g/mol. The highest BCUT2D eigenvalue weighted by molar-refractivity contribution is 5.69. The van der Waals surface area contributed by atoms with Crippen LogP contribution in [0.4, 0.5) is 13.2 Å². The van der Waals surface area contributed by atoms with Gasteiger partial charge < -0.3 is 24.4 Å². The smallest absolute Gasteiger partial charge is 0.416 e. The zero-order chi connectivity index (χ0) is 27.4. The normalized spacial score (nSPS) is 23.3. The van der Waals surface area contributed by atoms with Crippen molar-refractivity contribution in [3.63, 3.8) is 0 Å². The third kappa shape index (κ3) is 10.9. The van der Waals surface area contributed by atoms with Crippen molar-refractivity contribution in [2.45, 2.75) is 83.5 Å². The number of benzene rings is 1. The van der Waals surface area contributed by atoms with Gasteiger partial charge in [0.1, 0.15) is 18.5 Å². The summed E-state index contributed by atoms with van der Waals surface area (Å²) in [6.45, 7) is 5.80. The van der Waals surface area contributed by atoms with Gasteiger partial charge in [-0.05, 0) is 64.2 Å². The standard InChI is InChI=1S/C28H39F3O6/c1-4-35-27(34)13-8-6-5-7-12-24-23(25(33)17-26(24)37-19(2)3)15-14-21(32)18-36-22-11-9-10-20(16-22)28(29,30)31/h5,7,9-11,14-16,19,21,23-26,32-33H,4,6,8,12-13,17-18H2,1-3H3/b7-5-,15-14+/t21-,23-,24-,25-,26+/m1/s1. The summed E-state index contributed by atoms with van der Waals surface area (Å²) in [6, 6.07) is 4.49. The summed E-state index contributed by atoms with van der Waals surface area (Å²) >= 11 is 0. The second-order valence-corrected chi connectivity index (χ2v) is 9.46. The summed E-state index contributed by atoms with van der Waals surface area (Å²) in [5, 5.41) is 21.0. The molecule has 0 radical (unpaired) electrons. The van der Waals surface area contributed by atoms with Gasteiger partial charge in [0.05, 0.1) is 30.5 Å². The van der Waals surface area contributed by atoms with Crippen LogP contribution in [-0.4, -0.2) is 53.8 Å². The van der Waals surface area contributed by atoms with Crippen LogP contribution in [0.25, 0.3) is 0 Å². The third-order valence-corrected chi connectivity index (χ3v) is 6.11.